The van der Waals surface area contributed by atoms with Crippen LogP contribution in [-0.4, -0.2) is 51.6 Å². The minimum absolute atomic E-state index is 0.0133. The number of nitrogens with zero attached hydrogens (tertiary/aromatic N) is 4. The highest BCUT2D eigenvalue weighted by Gasteiger charge is 2.22. The fourth-order valence-electron chi connectivity index (χ4n) is 3.63. The van der Waals surface area contributed by atoms with E-state index in [0.29, 0.717) is 52.3 Å². The Morgan fingerprint density at radius 1 is 1.06 bits per heavy atom. The second-order valence-electron chi connectivity index (χ2n) is 9.33. The molecule has 0 saturated carbocycles. The van der Waals surface area contributed by atoms with Crippen molar-refractivity contribution >= 4 is 34.2 Å². The van der Waals surface area contributed by atoms with E-state index >= 15 is 0 Å². The van der Waals surface area contributed by atoms with Crippen molar-refractivity contribution in [3.8, 4) is 5.75 Å². The van der Waals surface area contributed by atoms with E-state index in [4.69, 9.17) is 16.3 Å². The van der Waals surface area contributed by atoms with E-state index in [1.807, 2.05) is 4.90 Å². The van der Waals surface area contributed by atoms with Crippen LogP contribution in [-0.2, 0) is 11.3 Å². The van der Waals surface area contributed by atoms with Gasteiger partial charge in [-0.3, -0.25) is 14.3 Å². The summed E-state index contributed by atoms with van der Waals surface area (Å²) in [7, 11) is 1.58. The van der Waals surface area contributed by atoms with Gasteiger partial charge in [-0.15, -0.1) is 0 Å². The Bertz CT molecular complexity index is 1130. The molecule has 8 heteroatoms. The Kier molecular flexibility index (Phi) is 8.67. The lowest BCUT2D eigenvalue weighted by atomic mass is 10.1. The average Bonchev–Trinajstić information content (AvgIpc) is 3.16. The number of fused-ring (bicyclic) bond motifs is 1. The molecule has 3 rings (SSSR count). The third kappa shape index (κ3) is 6.35. The number of carbonyl (C=O) groups excluding carboxylic acids is 2. The van der Waals surface area contributed by atoms with E-state index in [0.717, 1.165) is 12.8 Å². The number of aromatic nitrogens is 3. The summed E-state index contributed by atoms with van der Waals surface area (Å²) in [4.78, 5) is 32.5. The molecule has 1 amide bonds. The van der Waals surface area contributed by atoms with Crippen molar-refractivity contribution in [3.05, 3.63) is 52.9 Å². The van der Waals surface area contributed by atoms with Gasteiger partial charge < -0.3 is 9.64 Å². The molecule has 1 aromatic carbocycles. The number of ketones is 1. The van der Waals surface area contributed by atoms with E-state index in [2.05, 4.69) is 37.8 Å². The number of rotatable bonds is 11. The number of pyridine rings is 1. The topological polar surface area (TPSA) is 77.3 Å². The number of methoxy groups -OCH3 is 1. The first-order valence-electron chi connectivity index (χ1n) is 11.7. The first kappa shape index (κ1) is 25.7. The van der Waals surface area contributed by atoms with Crippen molar-refractivity contribution in [2.75, 3.05) is 20.2 Å². The first-order valence-corrected chi connectivity index (χ1v) is 12.1. The second-order valence-corrected chi connectivity index (χ2v) is 9.72. The van der Waals surface area contributed by atoms with Gasteiger partial charge in [0.05, 0.1) is 12.6 Å². The third-order valence-corrected chi connectivity index (χ3v) is 5.98. The maximum Gasteiger partial charge on any atom is 0.244 e. The highest BCUT2D eigenvalue weighted by molar-refractivity contribution is 6.29. The van der Waals surface area contributed by atoms with Gasteiger partial charge in [0.1, 0.15) is 23.1 Å². The fourth-order valence-corrected chi connectivity index (χ4v) is 3.74. The number of halogens is 1. The van der Waals surface area contributed by atoms with Crippen LogP contribution in [0.5, 0.6) is 5.75 Å². The lowest BCUT2D eigenvalue weighted by molar-refractivity contribution is -0.132. The average molecular weight is 485 g/mol. The molecule has 0 aliphatic heterocycles. The fraction of sp³-hybridized carbons (Fsp3) is 0.462. The maximum atomic E-state index is 13.3. The lowest BCUT2D eigenvalue weighted by Gasteiger charge is -2.24. The summed E-state index contributed by atoms with van der Waals surface area (Å²) in [5, 5.41) is 5.55. The largest absolute Gasteiger partial charge is 0.497 e. The number of ether oxygens (including phenoxy) is 1. The Morgan fingerprint density at radius 3 is 2.29 bits per heavy atom. The van der Waals surface area contributed by atoms with E-state index in [1.54, 1.807) is 42.1 Å². The normalized spacial score (nSPS) is 11.4. The van der Waals surface area contributed by atoms with Gasteiger partial charge in [-0.05, 0) is 48.9 Å². The summed E-state index contributed by atoms with van der Waals surface area (Å²) in [6.45, 7) is 10.1. The molecule has 7 nitrogen and oxygen atoms in total. The first-order chi connectivity index (χ1) is 16.2. The molecule has 3 aromatic rings. The lowest BCUT2D eigenvalue weighted by Crippen LogP contribution is -2.36. The summed E-state index contributed by atoms with van der Waals surface area (Å²) >= 11 is 5.87. The van der Waals surface area contributed by atoms with E-state index in [1.165, 1.54) is 6.20 Å². The minimum Gasteiger partial charge on any atom is -0.497 e. The molecule has 2 heterocycles. The molecule has 2 aromatic heterocycles. The zero-order valence-corrected chi connectivity index (χ0v) is 21.3. The zero-order chi connectivity index (χ0) is 24.8. The van der Waals surface area contributed by atoms with Gasteiger partial charge >= 0.3 is 0 Å². The molecule has 0 fully saturated rings. The van der Waals surface area contributed by atoms with Crippen LogP contribution in [0.1, 0.15) is 56.6 Å². The van der Waals surface area contributed by atoms with Gasteiger partial charge in [0.15, 0.2) is 0 Å². The van der Waals surface area contributed by atoms with Gasteiger partial charge in [-0.1, -0.05) is 39.3 Å². The summed E-state index contributed by atoms with van der Waals surface area (Å²) < 4.78 is 6.99. The molecule has 182 valence electrons. The van der Waals surface area contributed by atoms with Crippen LogP contribution in [0.15, 0.2) is 36.5 Å². The standard InChI is InChI=1S/C26H33ClN4O3/c1-17(2)10-12-30(13-11-18(3)4)24(32)16-31-22-14-20(34-5)7-8-21(22)25(29-31)26(33)19-6-9-23(27)28-15-19/h6-9,14-15,17-18H,10-13,16H2,1-5H3. The minimum atomic E-state index is -0.276. The summed E-state index contributed by atoms with van der Waals surface area (Å²) in [6, 6.07) is 8.58. The van der Waals surface area contributed by atoms with Crippen LogP contribution in [0.25, 0.3) is 10.9 Å². The predicted molar refractivity (Wildman–Crippen MR) is 134 cm³/mol. The molecule has 34 heavy (non-hydrogen) atoms. The van der Waals surface area contributed by atoms with Gasteiger partial charge in [-0.25, -0.2) is 4.98 Å². The van der Waals surface area contributed by atoms with Gasteiger partial charge in [-0.2, -0.15) is 5.10 Å². The number of benzene rings is 1. The molecular weight excluding hydrogens is 452 g/mol. The van der Waals surface area contributed by atoms with Crippen LogP contribution >= 0.6 is 11.6 Å². The van der Waals surface area contributed by atoms with E-state index in [9.17, 15) is 9.59 Å². The molecule has 0 atom stereocenters. The molecule has 0 N–H and O–H groups in total. The molecule has 0 spiro atoms. The van der Waals surface area contributed by atoms with E-state index < -0.39 is 0 Å². The highest BCUT2D eigenvalue weighted by atomic mass is 35.5. The van der Waals surface area contributed by atoms with Crippen molar-refractivity contribution in [1.82, 2.24) is 19.7 Å². The molecule has 0 aliphatic carbocycles. The second kappa shape index (κ2) is 11.5. The number of carbonyl (C=O) groups is 2. The van der Waals surface area contributed by atoms with Gasteiger partial charge in [0.25, 0.3) is 0 Å². The van der Waals surface area contributed by atoms with Gasteiger partial charge in [0, 0.05) is 36.3 Å². The summed E-state index contributed by atoms with van der Waals surface area (Å²) in [5.74, 6) is 1.34. The zero-order valence-electron chi connectivity index (χ0n) is 20.5. The van der Waals surface area contributed by atoms with Crippen LogP contribution in [0, 0.1) is 11.8 Å². The van der Waals surface area contributed by atoms with Crippen molar-refractivity contribution < 1.29 is 14.3 Å². The molecule has 0 radical (unpaired) electrons. The van der Waals surface area contributed by atoms with Crippen LogP contribution in [0.4, 0.5) is 0 Å². The number of hydrogen-bond acceptors (Lipinski definition) is 5. The van der Waals surface area contributed by atoms with Crippen molar-refractivity contribution in [2.45, 2.75) is 47.1 Å². The molecule has 0 aliphatic rings. The van der Waals surface area contributed by atoms with E-state index in [-0.39, 0.29) is 23.9 Å². The maximum absolute atomic E-state index is 13.3. The van der Waals surface area contributed by atoms with Crippen molar-refractivity contribution in [1.29, 1.82) is 0 Å². The number of amides is 1. The molecule has 0 bridgehead atoms. The molecule has 0 saturated heterocycles. The van der Waals surface area contributed by atoms with Crippen LogP contribution in [0.2, 0.25) is 5.15 Å². The smallest absolute Gasteiger partial charge is 0.244 e. The van der Waals surface area contributed by atoms with Crippen molar-refractivity contribution in [2.24, 2.45) is 11.8 Å². The molecular formula is C26H33ClN4O3. The summed E-state index contributed by atoms with van der Waals surface area (Å²) in [5.41, 5.74) is 1.32. The predicted octanol–water partition coefficient (Wildman–Crippen LogP) is 5.25. The monoisotopic (exact) mass is 484 g/mol. The quantitative estimate of drug-likeness (QED) is 0.274. The number of hydrogen-bond donors (Lipinski definition) is 0. The Labute approximate surface area is 206 Å². The summed E-state index contributed by atoms with van der Waals surface area (Å²) in [6.07, 6.45) is 3.30. The SMILES string of the molecule is COc1ccc2c(C(=O)c3ccc(Cl)nc3)nn(CC(=O)N(CCC(C)C)CCC(C)C)c2c1. The molecule has 0 unspecified atom stereocenters. The Balaban J connectivity index is 1.95. The Morgan fingerprint density at radius 2 is 1.74 bits per heavy atom. The highest BCUT2D eigenvalue weighted by Crippen LogP contribution is 2.26. The van der Waals surface area contributed by atoms with Gasteiger partial charge in [0.2, 0.25) is 11.7 Å². The Hall–Kier alpha value is -2.93. The third-order valence-electron chi connectivity index (χ3n) is 5.75. The van der Waals surface area contributed by atoms with Crippen molar-refractivity contribution in [3.63, 3.8) is 0 Å². The van der Waals surface area contributed by atoms with Crippen LogP contribution in [0.3, 0.4) is 0 Å². The van der Waals surface area contributed by atoms with Crippen LogP contribution < -0.4 is 4.74 Å².